The fourth-order valence-corrected chi connectivity index (χ4v) is 7.33. The molecule has 71 heavy (non-hydrogen) atoms. The molecular weight excluding hydrogens is 921 g/mol. The van der Waals surface area contributed by atoms with Crippen LogP contribution in [-0.4, -0.2) is 135 Å². The Labute approximate surface area is 417 Å². The molecule has 0 aliphatic carbocycles. The molecule has 1 aliphatic heterocycles. The molecule has 21 heteroatoms. The summed E-state index contributed by atoms with van der Waals surface area (Å²) in [5.74, 6) is -9.76. The largest absolute Gasteiger partial charge is 0.460 e. The molecule has 6 N–H and O–H groups in total. The summed E-state index contributed by atoms with van der Waals surface area (Å²) >= 11 is 0. The Hall–Kier alpha value is -6.67. The third-order valence-corrected chi connectivity index (χ3v) is 10.7. The van der Waals surface area contributed by atoms with Crippen LogP contribution in [-0.2, 0) is 64.0 Å². The van der Waals surface area contributed by atoms with E-state index in [1.807, 2.05) is 0 Å². The minimum absolute atomic E-state index is 0.000796. The number of carbonyl (C=O) groups is 11. The highest BCUT2D eigenvalue weighted by atomic mass is 16.6. The summed E-state index contributed by atoms with van der Waals surface area (Å²) in [4.78, 5) is 151. The third-order valence-electron chi connectivity index (χ3n) is 10.7. The molecule has 0 spiro atoms. The van der Waals surface area contributed by atoms with Gasteiger partial charge in [0, 0.05) is 32.9 Å². The summed E-state index contributed by atoms with van der Waals surface area (Å²) in [6, 6.07) is -0.562. The highest BCUT2D eigenvalue weighted by molar-refractivity contribution is 6.38. The van der Waals surface area contributed by atoms with Crippen LogP contribution in [0.2, 0.25) is 0 Å². The van der Waals surface area contributed by atoms with Crippen molar-refractivity contribution in [2.75, 3.05) is 13.1 Å². The zero-order chi connectivity index (χ0) is 54.0. The van der Waals surface area contributed by atoms with Crippen LogP contribution in [0.5, 0.6) is 0 Å². The molecule has 0 aromatic heterocycles. The topological polar surface area (TPSA) is 285 Å². The Balaban J connectivity index is 2.51. The number of carbonyl (C=O) groups excluding carboxylic acids is 11. The molecule has 9 amide bonds. The van der Waals surface area contributed by atoms with E-state index in [0.717, 1.165) is 11.8 Å². The SMILES string of the molecule is C=CCNC(=O)C(=O)C(CCC)NC(=O)C1CN(Cc2ccccc2)C(=O)N1C(=O)[C@@H](NC(=O)[C@@H](NC(=O)[C@H](CCC(=O)OC(C)(C)C)NC(=O)[C@H](CCC(=O)OC(C)(C)C)NC(C)=O)C(C)C)C(C)C. The van der Waals surface area contributed by atoms with Gasteiger partial charge in [-0.25, -0.2) is 9.69 Å². The number of hydrogen-bond acceptors (Lipinski definition) is 13. The van der Waals surface area contributed by atoms with Crippen molar-refractivity contribution in [3.63, 3.8) is 0 Å². The average molecular weight is 997 g/mol. The van der Waals surface area contributed by atoms with Crippen LogP contribution in [0.1, 0.15) is 127 Å². The average Bonchev–Trinajstić information content (AvgIpc) is 3.59. The van der Waals surface area contributed by atoms with Crippen molar-refractivity contribution in [1.29, 1.82) is 0 Å². The summed E-state index contributed by atoms with van der Waals surface area (Å²) in [7, 11) is 0. The first-order chi connectivity index (χ1) is 33.0. The second-order valence-electron chi connectivity index (χ2n) is 20.1. The number of hydrogen-bond donors (Lipinski definition) is 6. The summed E-state index contributed by atoms with van der Waals surface area (Å²) in [6.45, 7) is 22.5. The molecule has 0 bridgehead atoms. The monoisotopic (exact) mass is 997 g/mol. The maximum Gasteiger partial charge on any atom is 0.327 e. The van der Waals surface area contributed by atoms with Gasteiger partial charge in [0.25, 0.3) is 11.8 Å². The molecule has 1 fully saturated rings. The molecule has 1 aromatic rings. The lowest BCUT2D eigenvalue weighted by molar-refractivity contribution is -0.156. The maximum atomic E-state index is 14.7. The second-order valence-corrected chi connectivity index (χ2v) is 20.1. The number of nitrogens with one attached hydrogen (secondary N) is 6. The van der Waals surface area contributed by atoms with Gasteiger partial charge in [-0.1, -0.05) is 77.4 Å². The zero-order valence-electron chi connectivity index (χ0n) is 43.4. The van der Waals surface area contributed by atoms with E-state index in [-0.39, 0.29) is 51.7 Å². The van der Waals surface area contributed by atoms with Crippen molar-refractivity contribution in [3.05, 3.63) is 48.6 Å². The summed E-state index contributed by atoms with van der Waals surface area (Å²) in [5, 5.41) is 15.3. The van der Waals surface area contributed by atoms with Crippen molar-refractivity contribution < 1.29 is 62.2 Å². The molecule has 394 valence electrons. The maximum absolute atomic E-state index is 14.7. The highest BCUT2D eigenvalue weighted by Gasteiger charge is 2.49. The van der Waals surface area contributed by atoms with Gasteiger partial charge in [0.2, 0.25) is 35.3 Å². The lowest BCUT2D eigenvalue weighted by Gasteiger charge is -2.31. The first-order valence-electron chi connectivity index (χ1n) is 24.0. The number of rotatable bonds is 26. The van der Waals surface area contributed by atoms with Gasteiger partial charge in [0.1, 0.15) is 41.4 Å². The van der Waals surface area contributed by atoms with Gasteiger partial charge in [-0.3, -0.25) is 47.9 Å². The van der Waals surface area contributed by atoms with E-state index in [4.69, 9.17) is 9.47 Å². The Morgan fingerprint density at radius 1 is 0.704 bits per heavy atom. The minimum Gasteiger partial charge on any atom is -0.460 e. The summed E-state index contributed by atoms with van der Waals surface area (Å²) in [5.41, 5.74) is -1.02. The standard InChI is InChI=1S/C50H76N8O13/c1-14-19-33(41(62)46(67)51-26-15-2)53-44(65)36-28-57(27-32-20-17-16-18-21-32)48(69)58(36)47(68)40(30(5)6)56-45(66)39(29(3)4)55-43(64)35(23-25-38(61)71-50(11,12)13)54-42(63)34(52-31(7)59)22-24-37(60)70-49(8,9)10/h15-18,20-21,29-30,33-36,39-40H,2,14,19,22-28H2,1,3-13H3,(H,51,67)(H,52,59)(H,53,65)(H,54,63)(H,55,64)(H,56,66)/t33?,34-,35-,36?,39-,40-/m0/s1. The van der Waals surface area contributed by atoms with Gasteiger partial charge in [-0.05, 0) is 78.2 Å². The molecule has 1 aromatic carbocycles. The van der Waals surface area contributed by atoms with Crippen molar-refractivity contribution in [2.45, 2.75) is 176 Å². The normalized spacial score (nSPS) is 15.9. The van der Waals surface area contributed by atoms with Crippen LogP contribution in [0.25, 0.3) is 0 Å². The molecule has 2 unspecified atom stereocenters. The van der Waals surface area contributed by atoms with Gasteiger partial charge >= 0.3 is 18.0 Å². The Kier molecular flexibility index (Phi) is 23.5. The van der Waals surface area contributed by atoms with Gasteiger partial charge in [-0.2, -0.15) is 0 Å². The predicted molar refractivity (Wildman–Crippen MR) is 261 cm³/mol. The van der Waals surface area contributed by atoms with Crippen LogP contribution in [0, 0.1) is 11.8 Å². The first kappa shape index (κ1) is 60.5. The number of Topliss-reactive ketones (excluding diaryl/α,β-unsaturated/α-hetero) is 1. The van der Waals surface area contributed by atoms with Gasteiger partial charge in [0.05, 0.1) is 12.6 Å². The third kappa shape index (κ3) is 20.3. The van der Waals surface area contributed by atoms with E-state index in [2.05, 4.69) is 38.5 Å². The number of imide groups is 1. The quantitative estimate of drug-likeness (QED) is 0.0443. The molecule has 1 heterocycles. The van der Waals surface area contributed by atoms with Crippen molar-refractivity contribution in [1.82, 2.24) is 41.7 Å². The van der Waals surface area contributed by atoms with E-state index in [9.17, 15) is 52.7 Å². The fourth-order valence-electron chi connectivity index (χ4n) is 7.33. The number of benzene rings is 1. The number of esters is 2. The predicted octanol–water partition coefficient (Wildman–Crippen LogP) is 2.49. The van der Waals surface area contributed by atoms with E-state index < -0.39 is 124 Å². The number of nitrogens with zero attached hydrogens (tertiary/aromatic N) is 2. The van der Waals surface area contributed by atoms with Gasteiger partial charge < -0.3 is 46.3 Å². The Morgan fingerprint density at radius 2 is 1.21 bits per heavy atom. The molecule has 1 aliphatic rings. The second kappa shape index (κ2) is 27.7. The fraction of sp³-hybridized carbons (Fsp3) is 0.620. The van der Waals surface area contributed by atoms with Crippen LogP contribution < -0.4 is 31.9 Å². The Morgan fingerprint density at radius 3 is 1.69 bits per heavy atom. The molecular formula is C50H76N8O13. The van der Waals surface area contributed by atoms with E-state index >= 15 is 0 Å². The lowest BCUT2D eigenvalue weighted by Crippen LogP contribution is -2.62. The van der Waals surface area contributed by atoms with E-state index in [0.29, 0.717) is 12.0 Å². The lowest BCUT2D eigenvalue weighted by atomic mass is 9.98. The zero-order valence-corrected chi connectivity index (χ0v) is 43.4. The van der Waals surface area contributed by atoms with Crippen LogP contribution in [0.15, 0.2) is 43.0 Å². The summed E-state index contributed by atoms with van der Waals surface area (Å²) in [6.07, 6.45) is 0.661. The van der Waals surface area contributed by atoms with Crippen LogP contribution in [0.4, 0.5) is 4.79 Å². The number of ketones is 1. The Bertz CT molecular complexity index is 2100. The van der Waals surface area contributed by atoms with Crippen LogP contribution in [0.3, 0.4) is 0 Å². The number of ether oxygens (including phenoxy) is 2. The highest BCUT2D eigenvalue weighted by Crippen LogP contribution is 2.23. The smallest absolute Gasteiger partial charge is 0.327 e. The number of amides is 9. The molecule has 0 saturated carbocycles. The van der Waals surface area contributed by atoms with E-state index in [1.165, 1.54) is 11.0 Å². The van der Waals surface area contributed by atoms with Gasteiger partial charge in [0.15, 0.2) is 0 Å². The molecule has 1 saturated heterocycles. The minimum atomic E-state index is -1.51. The van der Waals surface area contributed by atoms with Crippen LogP contribution >= 0.6 is 0 Å². The molecule has 0 radical (unpaired) electrons. The first-order valence-corrected chi connectivity index (χ1v) is 24.0. The van der Waals surface area contributed by atoms with Gasteiger partial charge in [-0.15, -0.1) is 6.58 Å². The summed E-state index contributed by atoms with van der Waals surface area (Å²) < 4.78 is 10.8. The van der Waals surface area contributed by atoms with Crippen molar-refractivity contribution in [3.8, 4) is 0 Å². The molecule has 21 nitrogen and oxygen atoms in total. The van der Waals surface area contributed by atoms with E-state index in [1.54, 1.807) is 106 Å². The van der Waals surface area contributed by atoms with Crippen molar-refractivity contribution >= 4 is 65.1 Å². The number of urea groups is 1. The molecule has 6 atom stereocenters. The van der Waals surface area contributed by atoms with Crippen molar-refractivity contribution in [2.24, 2.45) is 11.8 Å². The molecule has 2 rings (SSSR count).